The number of pyridine rings is 1. The summed E-state index contributed by atoms with van der Waals surface area (Å²) >= 11 is 0. The number of aromatic nitrogens is 1. The van der Waals surface area contributed by atoms with Crippen molar-refractivity contribution in [3.05, 3.63) is 53.7 Å². The summed E-state index contributed by atoms with van der Waals surface area (Å²) in [5, 5.41) is 8.05. The molecule has 0 saturated heterocycles. The quantitative estimate of drug-likeness (QED) is 0.588. The van der Waals surface area contributed by atoms with Crippen molar-refractivity contribution in [1.29, 1.82) is 0 Å². The van der Waals surface area contributed by atoms with E-state index in [1.165, 1.54) is 11.1 Å². The maximum absolute atomic E-state index is 13.6. The molecule has 0 radical (unpaired) electrons. The smallest absolute Gasteiger partial charge is 0.251 e. The predicted molar refractivity (Wildman–Crippen MR) is 119 cm³/mol. The number of rotatable bonds is 7. The highest BCUT2D eigenvalue weighted by Crippen LogP contribution is 2.32. The van der Waals surface area contributed by atoms with Gasteiger partial charge in [-0.15, -0.1) is 0 Å². The van der Waals surface area contributed by atoms with E-state index in [-0.39, 0.29) is 23.9 Å². The van der Waals surface area contributed by atoms with Gasteiger partial charge in [0.2, 0.25) is 11.8 Å². The molecule has 176 valence electrons. The van der Waals surface area contributed by atoms with E-state index in [9.17, 15) is 23.2 Å². The van der Waals surface area contributed by atoms with Crippen LogP contribution >= 0.6 is 0 Å². The summed E-state index contributed by atoms with van der Waals surface area (Å²) < 4.78 is 27.2. The standard InChI is InChI=1S/C23H27F2N5O3/c1-12(2)19(29-21(31)13(3)26-4)23(33)30-18(8-14-6-5-7-27-20(14)30)22(32)28-17-10-15(24)9-16(25)11-17/h5-7,9-13,18-19,26H,8H2,1-4H3,(H,28,32)(H,29,31)/t13-,18-,19-/m0/s1. The van der Waals surface area contributed by atoms with Crippen molar-refractivity contribution in [1.82, 2.24) is 15.6 Å². The Morgan fingerprint density at radius 2 is 1.79 bits per heavy atom. The van der Waals surface area contributed by atoms with E-state index in [0.29, 0.717) is 17.4 Å². The molecular weight excluding hydrogens is 432 g/mol. The van der Waals surface area contributed by atoms with Crippen molar-refractivity contribution in [2.24, 2.45) is 5.92 Å². The lowest BCUT2D eigenvalue weighted by molar-refractivity contribution is -0.130. The Balaban J connectivity index is 1.91. The molecule has 0 fully saturated rings. The van der Waals surface area contributed by atoms with Gasteiger partial charge in [0.1, 0.15) is 29.5 Å². The molecule has 0 aliphatic carbocycles. The van der Waals surface area contributed by atoms with Crippen LogP contribution in [0.25, 0.3) is 0 Å². The van der Waals surface area contributed by atoms with Gasteiger partial charge in [-0.05, 0) is 43.7 Å². The minimum atomic E-state index is -1.01. The first-order valence-corrected chi connectivity index (χ1v) is 10.6. The summed E-state index contributed by atoms with van der Waals surface area (Å²) in [6.45, 7) is 5.23. The molecule has 10 heteroatoms. The summed E-state index contributed by atoms with van der Waals surface area (Å²) in [5.74, 6) is -3.12. The van der Waals surface area contributed by atoms with Gasteiger partial charge in [-0.25, -0.2) is 13.8 Å². The van der Waals surface area contributed by atoms with Crippen molar-refractivity contribution < 1.29 is 23.2 Å². The number of carbonyl (C=O) groups is 3. The molecule has 0 saturated carbocycles. The number of fused-ring (bicyclic) bond motifs is 1. The SMILES string of the molecule is CN[C@@H](C)C(=O)N[C@H](C(=O)N1c2ncccc2C[C@H]1C(=O)Nc1cc(F)cc(F)c1)C(C)C. The molecule has 2 heterocycles. The Kier molecular flexibility index (Phi) is 7.37. The van der Waals surface area contributed by atoms with Crippen LogP contribution in [0.3, 0.4) is 0 Å². The topological polar surface area (TPSA) is 103 Å². The highest BCUT2D eigenvalue weighted by Gasteiger charge is 2.43. The Bertz CT molecular complexity index is 1040. The number of hydrogen-bond acceptors (Lipinski definition) is 5. The normalized spacial score (nSPS) is 16.8. The van der Waals surface area contributed by atoms with E-state index >= 15 is 0 Å². The summed E-state index contributed by atoms with van der Waals surface area (Å²) in [6.07, 6.45) is 1.68. The number of nitrogens with one attached hydrogen (secondary N) is 3. The second kappa shape index (κ2) is 10.0. The number of halogens is 2. The monoisotopic (exact) mass is 459 g/mol. The van der Waals surface area contributed by atoms with E-state index in [0.717, 1.165) is 12.1 Å². The first-order chi connectivity index (χ1) is 15.6. The average molecular weight is 459 g/mol. The molecule has 3 amide bonds. The number of anilines is 2. The largest absolute Gasteiger partial charge is 0.343 e. The predicted octanol–water partition coefficient (Wildman–Crippen LogP) is 2.00. The van der Waals surface area contributed by atoms with Gasteiger partial charge in [0.15, 0.2) is 0 Å². The third-order valence-corrected chi connectivity index (χ3v) is 5.55. The molecule has 1 aromatic carbocycles. The van der Waals surface area contributed by atoms with Crippen LogP contribution in [-0.4, -0.2) is 47.9 Å². The van der Waals surface area contributed by atoms with Gasteiger partial charge in [0, 0.05) is 24.4 Å². The minimum Gasteiger partial charge on any atom is -0.343 e. The molecule has 33 heavy (non-hydrogen) atoms. The van der Waals surface area contributed by atoms with E-state index in [1.807, 2.05) is 0 Å². The van der Waals surface area contributed by atoms with Crippen LogP contribution in [-0.2, 0) is 20.8 Å². The molecule has 3 rings (SSSR count). The first kappa shape index (κ1) is 24.2. The van der Waals surface area contributed by atoms with E-state index in [2.05, 4.69) is 20.9 Å². The van der Waals surface area contributed by atoms with Crippen LogP contribution in [0.5, 0.6) is 0 Å². The van der Waals surface area contributed by atoms with Gasteiger partial charge in [-0.1, -0.05) is 19.9 Å². The van der Waals surface area contributed by atoms with Gasteiger partial charge in [0.05, 0.1) is 6.04 Å². The number of hydrogen-bond donors (Lipinski definition) is 3. The van der Waals surface area contributed by atoms with Crippen molar-refractivity contribution >= 4 is 29.2 Å². The van der Waals surface area contributed by atoms with Crippen molar-refractivity contribution in [3.63, 3.8) is 0 Å². The molecule has 2 aromatic rings. The van der Waals surface area contributed by atoms with E-state index in [4.69, 9.17) is 0 Å². The molecule has 3 atom stereocenters. The fraction of sp³-hybridized carbons (Fsp3) is 0.391. The van der Waals surface area contributed by atoms with Crippen LogP contribution < -0.4 is 20.9 Å². The Morgan fingerprint density at radius 3 is 2.39 bits per heavy atom. The summed E-state index contributed by atoms with van der Waals surface area (Å²) in [7, 11) is 1.63. The molecule has 0 spiro atoms. The molecule has 1 aliphatic heterocycles. The lowest BCUT2D eigenvalue weighted by Crippen LogP contribution is -2.57. The minimum absolute atomic E-state index is 0.0645. The summed E-state index contributed by atoms with van der Waals surface area (Å²) in [5.41, 5.74) is 0.610. The van der Waals surface area contributed by atoms with E-state index in [1.54, 1.807) is 40.0 Å². The van der Waals surface area contributed by atoms with Crippen LogP contribution in [0.4, 0.5) is 20.3 Å². The van der Waals surface area contributed by atoms with Gasteiger partial charge in [-0.2, -0.15) is 0 Å². The van der Waals surface area contributed by atoms with E-state index < -0.39 is 41.6 Å². The highest BCUT2D eigenvalue weighted by molar-refractivity contribution is 6.09. The number of benzene rings is 1. The second-order valence-corrected chi connectivity index (χ2v) is 8.30. The van der Waals surface area contributed by atoms with Crippen LogP contribution in [0.2, 0.25) is 0 Å². The molecule has 1 aromatic heterocycles. The number of likely N-dealkylation sites (N-methyl/N-ethyl adjacent to an activating group) is 1. The van der Waals surface area contributed by atoms with Gasteiger partial charge >= 0.3 is 0 Å². The van der Waals surface area contributed by atoms with Gasteiger partial charge in [-0.3, -0.25) is 19.3 Å². The fourth-order valence-electron chi connectivity index (χ4n) is 3.65. The van der Waals surface area contributed by atoms with Crippen molar-refractivity contribution in [2.45, 2.75) is 45.3 Å². The molecule has 1 aliphatic rings. The number of carbonyl (C=O) groups excluding carboxylic acids is 3. The third kappa shape index (κ3) is 5.33. The molecule has 8 nitrogen and oxygen atoms in total. The zero-order valence-electron chi connectivity index (χ0n) is 18.9. The fourth-order valence-corrected chi connectivity index (χ4v) is 3.65. The zero-order chi connectivity index (χ0) is 24.3. The van der Waals surface area contributed by atoms with Crippen LogP contribution in [0, 0.1) is 17.6 Å². The number of amides is 3. The van der Waals surface area contributed by atoms with Crippen molar-refractivity contribution in [3.8, 4) is 0 Å². The Hall–Kier alpha value is -3.40. The average Bonchev–Trinajstić information content (AvgIpc) is 3.15. The molecule has 3 N–H and O–H groups in total. The van der Waals surface area contributed by atoms with Crippen molar-refractivity contribution in [2.75, 3.05) is 17.3 Å². The number of nitrogens with zero attached hydrogens (tertiary/aromatic N) is 2. The molecule has 0 bridgehead atoms. The lowest BCUT2D eigenvalue weighted by Gasteiger charge is -2.31. The zero-order valence-corrected chi connectivity index (χ0v) is 18.9. The lowest BCUT2D eigenvalue weighted by atomic mass is 10.0. The first-order valence-electron chi connectivity index (χ1n) is 10.6. The summed E-state index contributed by atoms with van der Waals surface area (Å²) in [6, 6.07) is 3.68. The van der Waals surface area contributed by atoms with Crippen LogP contribution in [0.1, 0.15) is 26.3 Å². The Labute approximate surface area is 190 Å². The highest BCUT2D eigenvalue weighted by atomic mass is 19.1. The third-order valence-electron chi connectivity index (χ3n) is 5.55. The molecule has 0 unspecified atom stereocenters. The second-order valence-electron chi connectivity index (χ2n) is 8.30. The van der Waals surface area contributed by atoms with Gasteiger partial charge < -0.3 is 16.0 Å². The van der Waals surface area contributed by atoms with Gasteiger partial charge in [0.25, 0.3) is 5.91 Å². The van der Waals surface area contributed by atoms with Crippen LogP contribution in [0.15, 0.2) is 36.5 Å². The molecular formula is C23H27F2N5O3. The Morgan fingerprint density at radius 1 is 1.12 bits per heavy atom. The maximum atomic E-state index is 13.6. The maximum Gasteiger partial charge on any atom is 0.251 e. The summed E-state index contributed by atoms with van der Waals surface area (Å²) in [4.78, 5) is 44.7.